The van der Waals surface area contributed by atoms with Crippen LogP contribution in [0.25, 0.3) is 0 Å². The van der Waals surface area contributed by atoms with Gasteiger partial charge in [0.25, 0.3) is 0 Å². The summed E-state index contributed by atoms with van der Waals surface area (Å²) in [5, 5.41) is 4.03. The second-order valence-electron chi connectivity index (χ2n) is 3.12. The van der Waals surface area contributed by atoms with Crippen LogP contribution in [-0.2, 0) is 0 Å². The van der Waals surface area contributed by atoms with E-state index in [4.69, 9.17) is 10.5 Å². The van der Waals surface area contributed by atoms with E-state index in [9.17, 15) is 0 Å². The minimum atomic E-state index is 0.142. The van der Waals surface area contributed by atoms with Crippen LogP contribution in [0, 0.1) is 0 Å². The van der Waals surface area contributed by atoms with Crippen molar-refractivity contribution in [1.29, 1.82) is 0 Å². The normalized spacial score (nSPS) is 10.3. The fourth-order valence-corrected chi connectivity index (χ4v) is 1.15. The summed E-state index contributed by atoms with van der Waals surface area (Å²) >= 11 is 4.64. The van der Waals surface area contributed by atoms with Crippen molar-refractivity contribution in [3.8, 4) is 5.75 Å². The number of benzene rings is 1. The third kappa shape index (κ3) is 4.27. The SMILES string of the molecule is CCCOc1ccccc1/C=N/NC(N)=S. The van der Waals surface area contributed by atoms with Gasteiger partial charge in [-0.2, -0.15) is 5.10 Å². The number of hydrogen-bond donors (Lipinski definition) is 2. The van der Waals surface area contributed by atoms with Gasteiger partial charge in [0.05, 0.1) is 12.8 Å². The molecule has 5 heteroatoms. The molecule has 0 saturated heterocycles. The monoisotopic (exact) mass is 237 g/mol. The third-order valence-electron chi connectivity index (χ3n) is 1.76. The van der Waals surface area contributed by atoms with Gasteiger partial charge in [0, 0.05) is 5.56 Å². The fourth-order valence-electron chi connectivity index (χ4n) is 1.10. The smallest absolute Gasteiger partial charge is 0.184 e. The van der Waals surface area contributed by atoms with Crippen molar-refractivity contribution in [1.82, 2.24) is 5.43 Å². The quantitative estimate of drug-likeness (QED) is 0.464. The van der Waals surface area contributed by atoms with Gasteiger partial charge in [-0.25, -0.2) is 0 Å². The molecule has 0 aliphatic carbocycles. The Hall–Kier alpha value is -1.62. The zero-order valence-electron chi connectivity index (χ0n) is 9.14. The van der Waals surface area contributed by atoms with Gasteiger partial charge in [0.1, 0.15) is 5.75 Å². The van der Waals surface area contributed by atoms with Crippen LogP contribution in [0.15, 0.2) is 29.4 Å². The van der Waals surface area contributed by atoms with E-state index in [-0.39, 0.29) is 5.11 Å². The first-order valence-corrected chi connectivity index (χ1v) is 5.45. The van der Waals surface area contributed by atoms with Crippen LogP contribution in [-0.4, -0.2) is 17.9 Å². The summed E-state index contributed by atoms with van der Waals surface area (Å²) in [7, 11) is 0. The van der Waals surface area contributed by atoms with E-state index in [2.05, 4.69) is 29.7 Å². The van der Waals surface area contributed by atoms with Crippen molar-refractivity contribution in [2.45, 2.75) is 13.3 Å². The Morgan fingerprint density at radius 2 is 2.31 bits per heavy atom. The van der Waals surface area contributed by atoms with Crippen molar-refractivity contribution in [2.75, 3.05) is 6.61 Å². The minimum Gasteiger partial charge on any atom is -0.493 e. The summed E-state index contributed by atoms with van der Waals surface area (Å²) in [4.78, 5) is 0. The van der Waals surface area contributed by atoms with E-state index in [1.807, 2.05) is 24.3 Å². The lowest BCUT2D eigenvalue weighted by molar-refractivity contribution is 0.317. The van der Waals surface area contributed by atoms with Crippen molar-refractivity contribution in [3.63, 3.8) is 0 Å². The lowest BCUT2D eigenvalue weighted by Gasteiger charge is -2.07. The van der Waals surface area contributed by atoms with Gasteiger partial charge < -0.3 is 10.5 Å². The molecule has 16 heavy (non-hydrogen) atoms. The van der Waals surface area contributed by atoms with Gasteiger partial charge in [-0.1, -0.05) is 19.1 Å². The van der Waals surface area contributed by atoms with E-state index in [1.165, 1.54) is 0 Å². The average molecular weight is 237 g/mol. The number of nitrogens with two attached hydrogens (primary N) is 1. The highest BCUT2D eigenvalue weighted by atomic mass is 32.1. The van der Waals surface area contributed by atoms with Crippen molar-refractivity contribution in [3.05, 3.63) is 29.8 Å². The number of nitrogens with one attached hydrogen (secondary N) is 1. The standard InChI is InChI=1S/C11H15N3OS/c1-2-7-15-10-6-4-3-5-9(10)8-13-14-11(12)16/h3-6,8H,2,7H2,1H3,(H3,12,14,16)/b13-8+. The highest BCUT2D eigenvalue weighted by Gasteiger charge is 1.98. The molecule has 0 radical (unpaired) electrons. The van der Waals surface area contributed by atoms with Crippen LogP contribution in [0.1, 0.15) is 18.9 Å². The molecule has 0 aromatic heterocycles. The van der Waals surface area contributed by atoms with E-state index in [0.29, 0.717) is 6.61 Å². The van der Waals surface area contributed by atoms with Gasteiger partial charge in [-0.05, 0) is 30.8 Å². The van der Waals surface area contributed by atoms with Crippen LogP contribution < -0.4 is 15.9 Å². The summed E-state index contributed by atoms with van der Waals surface area (Å²) in [6.07, 6.45) is 2.60. The molecule has 1 aromatic carbocycles. The second kappa shape index (κ2) is 6.79. The van der Waals surface area contributed by atoms with Crippen LogP contribution in [0.5, 0.6) is 5.75 Å². The molecule has 4 nitrogen and oxygen atoms in total. The summed E-state index contributed by atoms with van der Waals surface area (Å²) in [5.74, 6) is 0.804. The Labute approximate surface area is 100 Å². The lowest BCUT2D eigenvalue weighted by atomic mass is 10.2. The summed E-state index contributed by atoms with van der Waals surface area (Å²) in [5.41, 5.74) is 8.64. The van der Waals surface area contributed by atoms with Gasteiger partial charge in [0.15, 0.2) is 5.11 Å². The Bertz CT molecular complexity index is 379. The van der Waals surface area contributed by atoms with E-state index in [0.717, 1.165) is 17.7 Å². The van der Waals surface area contributed by atoms with Crippen molar-refractivity contribution >= 4 is 23.5 Å². The summed E-state index contributed by atoms with van der Waals surface area (Å²) in [6.45, 7) is 2.75. The Morgan fingerprint density at radius 3 is 3.00 bits per heavy atom. The predicted octanol–water partition coefficient (Wildman–Crippen LogP) is 1.64. The van der Waals surface area contributed by atoms with Crippen LogP contribution in [0.3, 0.4) is 0 Å². The zero-order valence-corrected chi connectivity index (χ0v) is 9.96. The van der Waals surface area contributed by atoms with Crippen molar-refractivity contribution < 1.29 is 4.74 Å². The third-order valence-corrected chi connectivity index (χ3v) is 1.85. The number of nitrogens with zero attached hydrogens (tertiary/aromatic N) is 1. The Balaban J connectivity index is 2.70. The molecule has 0 amide bonds. The highest BCUT2D eigenvalue weighted by Crippen LogP contribution is 2.15. The molecule has 0 aliphatic heterocycles. The van der Waals surface area contributed by atoms with Crippen molar-refractivity contribution in [2.24, 2.45) is 10.8 Å². The van der Waals surface area contributed by atoms with Gasteiger partial charge in [0.2, 0.25) is 0 Å². The van der Waals surface area contributed by atoms with Crippen LogP contribution >= 0.6 is 12.2 Å². The van der Waals surface area contributed by atoms with E-state index < -0.39 is 0 Å². The molecule has 0 unspecified atom stereocenters. The van der Waals surface area contributed by atoms with Gasteiger partial charge >= 0.3 is 0 Å². The molecule has 0 aliphatic rings. The van der Waals surface area contributed by atoms with Crippen LogP contribution in [0.4, 0.5) is 0 Å². The molecule has 1 rings (SSSR count). The van der Waals surface area contributed by atoms with E-state index in [1.54, 1.807) is 6.21 Å². The fraction of sp³-hybridized carbons (Fsp3) is 0.273. The molecular weight excluding hydrogens is 222 g/mol. The first kappa shape index (κ1) is 12.4. The molecule has 0 heterocycles. The molecular formula is C11H15N3OS. The maximum absolute atomic E-state index is 5.56. The number of para-hydroxylation sites is 1. The maximum Gasteiger partial charge on any atom is 0.184 e. The average Bonchev–Trinajstić information content (AvgIpc) is 2.27. The number of rotatable bonds is 5. The highest BCUT2D eigenvalue weighted by molar-refractivity contribution is 7.80. The topological polar surface area (TPSA) is 59.6 Å². The maximum atomic E-state index is 5.56. The lowest BCUT2D eigenvalue weighted by Crippen LogP contribution is -2.24. The summed E-state index contributed by atoms with van der Waals surface area (Å²) < 4.78 is 5.56. The number of ether oxygens (including phenoxy) is 1. The summed E-state index contributed by atoms with van der Waals surface area (Å²) in [6, 6.07) is 7.65. The molecule has 0 saturated carbocycles. The first-order valence-electron chi connectivity index (χ1n) is 5.04. The molecule has 0 bridgehead atoms. The molecule has 3 N–H and O–H groups in total. The molecule has 0 atom stereocenters. The van der Waals surface area contributed by atoms with Gasteiger partial charge in [-0.3, -0.25) is 5.43 Å². The predicted molar refractivity (Wildman–Crippen MR) is 69.7 cm³/mol. The molecule has 0 spiro atoms. The zero-order chi connectivity index (χ0) is 11.8. The number of hydrogen-bond acceptors (Lipinski definition) is 3. The molecule has 0 fully saturated rings. The van der Waals surface area contributed by atoms with E-state index >= 15 is 0 Å². The second-order valence-corrected chi connectivity index (χ2v) is 3.56. The largest absolute Gasteiger partial charge is 0.493 e. The number of hydrazone groups is 1. The minimum absolute atomic E-state index is 0.142. The Kier molecular flexibility index (Phi) is 5.28. The first-order chi connectivity index (χ1) is 7.74. The van der Waals surface area contributed by atoms with Gasteiger partial charge in [-0.15, -0.1) is 0 Å². The van der Waals surface area contributed by atoms with Crippen LogP contribution in [0.2, 0.25) is 0 Å². The Morgan fingerprint density at radius 1 is 1.56 bits per heavy atom. The number of thiocarbonyl (C=S) groups is 1. The molecule has 86 valence electrons. The molecule has 1 aromatic rings.